The Morgan fingerprint density at radius 1 is 1.11 bits per heavy atom. The first-order chi connectivity index (χ1) is 8.72. The number of hydrogen-bond donors (Lipinski definition) is 0. The summed E-state index contributed by atoms with van der Waals surface area (Å²) in [4.78, 5) is 11.2. The van der Waals surface area contributed by atoms with Crippen molar-refractivity contribution in [3.05, 3.63) is 23.8 Å². The molecule has 0 radical (unpaired) electrons. The van der Waals surface area contributed by atoms with E-state index in [2.05, 4.69) is 6.58 Å². The van der Waals surface area contributed by atoms with Gasteiger partial charge in [0.15, 0.2) is 0 Å². The third-order valence-corrected chi connectivity index (χ3v) is 2.96. The van der Waals surface area contributed by atoms with Crippen LogP contribution in [0.2, 0.25) is 0 Å². The van der Waals surface area contributed by atoms with Crippen LogP contribution >= 0.6 is 11.6 Å². The van der Waals surface area contributed by atoms with E-state index in [1.165, 1.54) is 32.1 Å². The molecular formula is C15H25ClO2. The molecule has 0 heterocycles. The van der Waals surface area contributed by atoms with Crippen LogP contribution in [0.4, 0.5) is 0 Å². The lowest BCUT2D eigenvalue weighted by atomic mass is 10.1. The van der Waals surface area contributed by atoms with Gasteiger partial charge < -0.3 is 4.74 Å². The molecule has 0 unspecified atom stereocenters. The highest BCUT2D eigenvalue weighted by Gasteiger charge is 2.05. The molecule has 18 heavy (non-hydrogen) atoms. The lowest BCUT2D eigenvalue weighted by molar-refractivity contribution is -0.137. The number of ether oxygens (including phenoxy) is 1. The van der Waals surface area contributed by atoms with Gasteiger partial charge in [-0.05, 0) is 32.6 Å². The normalized spacial score (nSPS) is 11.3. The second kappa shape index (κ2) is 12.7. The largest absolute Gasteiger partial charge is 0.462 e. The molecule has 0 atom stereocenters. The summed E-state index contributed by atoms with van der Waals surface area (Å²) in [6, 6.07) is 0. The highest BCUT2D eigenvalue weighted by molar-refractivity contribution is 6.41. The highest BCUT2D eigenvalue weighted by Crippen LogP contribution is 2.11. The summed E-state index contributed by atoms with van der Waals surface area (Å²) in [6.45, 7) is 5.85. The summed E-state index contributed by atoms with van der Waals surface area (Å²) in [6.07, 6.45) is 13.0. The van der Waals surface area contributed by atoms with Crippen LogP contribution in [0.5, 0.6) is 0 Å². The maximum Gasteiger partial charge on any atom is 0.349 e. The van der Waals surface area contributed by atoms with Crippen molar-refractivity contribution in [3.63, 3.8) is 0 Å². The second-order valence-electron chi connectivity index (χ2n) is 4.26. The summed E-state index contributed by atoms with van der Waals surface area (Å²) in [5, 5.41) is 0.211. The molecule has 0 aliphatic rings. The van der Waals surface area contributed by atoms with Crippen molar-refractivity contribution < 1.29 is 9.53 Å². The molecule has 0 aromatic carbocycles. The van der Waals surface area contributed by atoms with E-state index in [1.807, 2.05) is 6.08 Å². The molecule has 0 aromatic rings. The number of carbonyl (C=O) groups is 1. The zero-order valence-electron chi connectivity index (χ0n) is 11.4. The van der Waals surface area contributed by atoms with Crippen LogP contribution in [-0.4, -0.2) is 12.6 Å². The van der Waals surface area contributed by atoms with Gasteiger partial charge in [-0.15, -0.1) is 6.58 Å². The number of carbonyl (C=O) groups excluding carboxylic acids is 1. The van der Waals surface area contributed by atoms with Crippen LogP contribution in [0.15, 0.2) is 23.8 Å². The Balaban J connectivity index is 3.41. The lowest BCUT2D eigenvalue weighted by Gasteiger charge is -2.01. The van der Waals surface area contributed by atoms with E-state index in [-0.39, 0.29) is 5.03 Å². The molecule has 0 amide bonds. The maximum absolute atomic E-state index is 11.2. The van der Waals surface area contributed by atoms with Gasteiger partial charge in [0.25, 0.3) is 0 Å². The van der Waals surface area contributed by atoms with Crippen molar-refractivity contribution in [1.29, 1.82) is 0 Å². The van der Waals surface area contributed by atoms with Gasteiger partial charge in [-0.1, -0.05) is 49.4 Å². The Morgan fingerprint density at radius 2 is 1.67 bits per heavy atom. The van der Waals surface area contributed by atoms with Crippen LogP contribution < -0.4 is 0 Å². The number of allylic oxidation sites excluding steroid dienone is 2. The van der Waals surface area contributed by atoms with Gasteiger partial charge in [0.1, 0.15) is 5.03 Å². The van der Waals surface area contributed by atoms with Gasteiger partial charge in [-0.25, -0.2) is 4.79 Å². The van der Waals surface area contributed by atoms with Gasteiger partial charge in [-0.3, -0.25) is 0 Å². The second-order valence-corrected chi connectivity index (χ2v) is 4.67. The van der Waals surface area contributed by atoms with Crippen molar-refractivity contribution in [1.82, 2.24) is 0 Å². The van der Waals surface area contributed by atoms with E-state index in [1.54, 1.807) is 13.0 Å². The first kappa shape index (κ1) is 17.2. The van der Waals surface area contributed by atoms with Gasteiger partial charge in [0.05, 0.1) is 6.61 Å². The van der Waals surface area contributed by atoms with Crippen molar-refractivity contribution in [2.45, 2.75) is 58.3 Å². The number of rotatable bonds is 11. The fourth-order valence-electron chi connectivity index (χ4n) is 1.65. The smallest absolute Gasteiger partial charge is 0.349 e. The Kier molecular flexibility index (Phi) is 12.2. The molecule has 2 nitrogen and oxygen atoms in total. The summed E-state index contributed by atoms with van der Waals surface area (Å²) in [7, 11) is 0. The molecule has 0 rings (SSSR count). The van der Waals surface area contributed by atoms with Crippen LogP contribution in [0.3, 0.4) is 0 Å². The average Bonchev–Trinajstić information content (AvgIpc) is 2.36. The molecule has 0 N–H and O–H groups in total. The minimum atomic E-state index is -0.413. The molecule has 0 saturated heterocycles. The molecular weight excluding hydrogens is 248 g/mol. The minimum Gasteiger partial charge on any atom is -0.462 e. The minimum absolute atomic E-state index is 0.211. The van der Waals surface area contributed by atoms with Gasteiger partial charge in [0, 0.05) is 0 Å². The quantitative estimate of drug-likeness (QED) is 0.229. The number of unbranched alkanes of at least 4 members (excludes halogenated alkanes) is 7. The van der Waals surface area contributed by atoms with Crippen molar-refractivity contribution >= 4 is 17.6 Å². The lowest BCUT2D eigenvalue weighted by Crippen LogP contribution is -2.03. The number of hydrogen-bond acceptors (Lipinski definition) is 2. The standard InChI is InChI=1S/C15H25ClO2/c1-3-5-6-7-8-9-10-11-12-13-14(16)15(17)18-4-2/h3,13H,1,4-12H2,2H3/b14-13-. The van der Waals surface area contributed by atoms with Gasteiger partial charge in [0.2, 0.25) is 0 Å². The molecule has 0 aliphatic carbocycles. The van der Waals surface area contributed by atoms with Crippen LogP contribution in [-0.2, 0) is 9.53 Å². The maximum atomic E-state index is 11.2. The Labute approximate surface area is 116 Å². The van der Waals surface area contributed by atoms with Crippen molar-refractivity contribution in [2.75, 3.05) is 6.61 Å². The Morgan fingerprint density at radius 3 is 2.22 bits per heavy atom. The fraction of sp³-hybridized carbons (Fsp3) is 0.667. The first-order valence-electron chi connectivity index (χ1n) is 6.86. The molecule has 3 heteroatoms. The van der Waals surface area contributed by atoms with Crippen molar-refractivity contribution in [3.8, 4) is 0 Å². The predicted molar refractivity (Wildman–Crippen MR) is 77.7 cm³/mol. The average molecular weight is 273 g/mol. The molecule has 0 bridgehead atoms. The first-order valence-corrected chi connectivity index (χ1v) is 7.23. The Bertz CT molecular complexity index is 259. The van der Waals surface area contributed by atoms with E-state index in [0.29, 0.717) is 6.61 Å². The number of halogens is 1. The molecule has 0 spiro atoms. The van der Waals surface area contributed by atoms with Gasteiger partial charge >= 0.3 is 5.97 Å². The summed E-state index contributed by atoms with van der Waals surface area (Å²) < 4.78 is 4.79. The van der Waals surface area contributed by atoms with E-state index >= 15 is 0 Å². The summed E-state index contributed by atoms with van der Waals surface area (Å²) >= 11 is 5.78. The monoisotopic (exact) mass is 272 g/mol. The third kappa shape index (κ3) is 10.4. The van der Waals surface area contributed by atoms with Crippen LogP contribution in [0, 0.1) is 0 Å². The van der Waals surface area contributed by atoms with Gasteiger partial charge in [-0.2, -0.15) is 0 Å². The molecule has 0 aliphatic heterocycles. The SMILES string of the molecule is C=CCCCCCCCC/C=C(\Cl)C(=O)OCC. The zero-order valence-corrected chi connectivity index (χ0v) is 12.2. The Hall–Kier alpha value is -0.760. The van der Waals surface area contributed by atoms with Crippen molar-refractivity contribution in [2.24, 2.45) is 0 Å². The van der Waals surface area contributed by atoms with E-state index in [9.17, 15) is 4.79 Å². The molecule has 104 valence electrons. The topological polar surface area (TPSA) is 26.3 Å². The van der Waals surface area contributed by atoms with Crippen LogP contribution in [0.1, 0.15) is 58.3 Å². The highest BCUT2D eigenvalue weighted by atomic mass is 35.5. The number of esters is 1. The summed E-state index contributed by atoms with van der Waals surface area (Å²) in [5.41, 5.74) is 0. The molecule has 0 saturated carbocycles. The third-order valence-electron chi connectivity index (χ3n) is 2.66. The zero-order chi connectivity index (χ0) is 13.6. The van der Waals surface area contributed by atoms with Crippen LogP contribution in [0.25, 0.3) is 0 Å². The molecule has 0 aromatic heterocycles. The molecule has 0 fully saturated rings. The predicted octanol–water partition coefficient (Wildman–Crippen LogP) is 4.98. The fourth-order valence-corrected chi connectivity index (χ4v) is 1.82. The van der Waals surface area contributed by atoms with E-state index in [4.69, 9.17) is 16.3 Å². The summed E-state index contributed by atoms with van der Waals surface area (Å²) in [5.74, 6) is -0.413. The van der Waals surface area contributed by atoms with E-state index < -0.39 is 5.97 Å². The van der Waals surface area contributed by atoms with E-state index in [0.717, 1.165) is 19.3 Å².